The number of benzene rings is 1. The predicted molar refractivity (Wildman–Crippen MR) is 101 cm³/mol. The average Bonchev–Trinajstić information content (AvgIpc) is 3.11. The molecule has 0 bridgehead atoms. The summed E-state index contributed by atoms with van der Waals surface area (Å²) in [5, 5.41) is 18.4. The Hall–Kier alpha value is -2.44. The molecule has 1 aromatic carbocycles. The van der Waals surface area contributed by atoms with Crippen molar-refractivity contribution in [2.45, 2.75) is 32.3 Å². The Morgan fingerprint density at radius 1 is 1.27 bits per heavy atom. The van der Waals surface area contributed by atoms with Crippen molar-refractivity contribution in [1.82, 2.24) is 15.1 Å². The van der Waals surface area contributed by atoms with Gasteiger partial charge in [0, 0.05) is 29.2 Å². The lowest BCUT2D eigenvalue weighted by Gasteiger charge is -2.24. The van der Waals surface area contributed by atoms with E-state index < -0.39 is 5.60 Å². The van der Waals surface area contributed by atoms with Crippen LogP contribution >= 0.6 is 11.6 Å². The number of pyridine rings is 1. The van der Waals surface area contributed by atoms with E-state index in [1.165, 1.54) is 0 Å². The minimum Gasteiger partial charge on any atom is -0.384 e. The lowest BCUT2D eigenvalue weighted by atomic mass is 9.96. The van der Waals surface area contributed by atoms with Crippen molar-refractivity contribution in [3.63, 3.8) is 0 Å². The van der Waals surface area contributed by atoms with Crippen molar-refractivity contribution in [2.24, 2.45) is 0 Å². The molecule has 0 aliphatic rings. The number of hydrogen-bond donors (Lipinski definition) is 2. The van der Waals surface area contributed by atoms with Gasteiger partial charge in [-0.2, -0.15) is 4.98 Å². The number of aromatic nitrogens is 3. The van der Waals surface area contributed by atoms with E-state index in [4.69, 9.17) is 16.1 Å². The lowest BCUT2D eigenvalue weighted by molar-refractivity contribution is 0.0714. The first-order valence-corrected chi connectivity index (χ1v) is 8.75. The van der Waals surface area contributed by atoms with Gasteiger partial charge in [-0.05, 0) is 36.8 Å². The minimum absolute atomic E-state index is 0.194. The molecular weight excluding hydrogens is 352 g/mol. The lowest BCUT2D eigenvalue weighted by Crippen LogP contribution is -2.30. The maximum Gasteiger partial charge on any atom is 0.258 e. The van der Waals surface area contributed by atoms with Crippen LogP contribution < -0.4 is 5.32 Å². The molecule has 7 heteroatoms. The second kappa shape index (κ2) is 7.43. The van der Waals surface area contributed by atoms with Crippen LogP contribution in [0.2, 0.25) is 5.02 Å². The largest absolute Gasteiger partial charge is 0.384 e. The summed E-state index contributed by atoms with van der Waals surface area (Å²) < 4.78 is 5.31. The molecule has 0 spiro atoms. The molecular formula is C19H21ClN4O2. The number of rotatable bonds is 6. The van der Waals surface area contributed by atoms with Crippen LogP contribution in [0.5, 0.6) is 0 Å². The molecule has 0 saturated heterocycles. The van der Waals surface area contributed by atoms with Crippen LogP contribution in [0.4, 0.5) is 5.82 Å². The van der Waals surface area contributed by atoms with Gasteiger partial charge in [0.15, 0.2) is 5.82 Å². The van der Waals surface area contributed by atoms with Gasteiger partial charge < -0.3 is 14.9 Å². The topological polar surface area (TPSA) is 84.1 Å². The van der Waals surface area contributed by atoms with E-state index in [0.717, 1.165) is 11.1 Å². The summed E-state index contributed by atoms with van der Waals surface area (Å²) in [6.45, 7) is 6.01. The Morgan fingerprint density at radius 3 is 2.77 bits per heavy atom. The maximum absolute atomic E-state index is 10.7. The molecule has 0 fully saturated rings. The van der Waals surface area contributed by atoms with Gasteiger partial charge in [0.2, 0.25) is 0 Å². The summed E-state index contributed by atoms with van der Waals surface area (Å²) in [5.74, 6) is 1.91. The van der Waals surface area contributed by atoms with Crippen molar-refractivity contribution >= 4 is 17.4 Å². The number of nitrogens with zero attached hydrogens (tertiary/aromatic N) is 3. The Kier molecular flexibility index (Phi) is 5.25. The van der Waals surface area contributed by atoms with Gasteiger partial charge in [0.25, 0.3) is 5.89 Å². The molecule has 0 saturated carbocycles. The molecule has 2 heterocycles. The van der Waals surface area contributed by atoms with E-state index >= 15 is 0 Å². The Labute approximate surface area is 157 Å². The normalized spacial score (nSPS) is 13.6. The van der Waals surface area contributed by atoms with Crippen molar-refractivity contribution < 1.29 is 9.63 Å². The molecule has 1 atom stereocenters. The van der Waals surface area contributed by atoms with E-state index in [0.29, 0.717) is 22.6 Å². The highest BCUT2D eigenvalue weighted by Gasteiger charge is 2.23. The first kappa shape index (κ1) is 18.4. The van der Waals surface area contributed by atoms with Crippen LogP contribution in [0.25, 0.3) is 11.5 Å². The van der Waals surface area contributed by atoms with Crippen molar-refractivity contribution in [1.29, 1.82) is 0 Å². The van der Waals surface area contributed by atoms with E-state index in [-0.39, 0.29) is 12.5 Å². The van der Waals surface area contributed by atoms with Crippen LogP contribution in [-0.4, -0.2) is 26.8 Å². The standard InChI is InChI=1S/C19H21ClN4O2/c1-12(2)17-23-18(26-24-17)13-7-8-21-16(9-13)22-11-19(3,25)14-5-4-6-15(20)10-14/h4-10,12,25H,11H2,1-3H3,(H,21,22). The molecule has 3 rings (SSSR count). The first-order chi connectivity index (χ1) is 12.3. The quantitative estimate of drug-likeness (QED) is 0.673. The summed E-state index contributed by atoms with van der Waals surface area (Å²) in [5.41, 5.74) is 0.397. The predicted octanol–water partition coefficient (Wildman–Crippen LogP) is 4.23. The summed E-state index contributed by atoms with van der Waals surface area (Å²) in [4.78, 5) is 8.67. The number of hydrogen-bond acceptors (Lipinski definition) is 6. The number of halogens is 1. The zero-order chi connectivity index (χ0) is 18.7. The van der Waals surface area contributed by atoms with Gasteiger partial charge in [0.05, 0.1) is 0 Å². The minimum atomic E-state index is -1.10. The third-order valence-corrected chi connectivity index (χ3v) is 4.26. The molecule has 3 aromatic rings. The van der Waals surface area contributed by atoms with E-state index in [1.807, 2.05) is 32.0 Å². The Bertz CT molecular complexity index is 893. The van der Waals surface area contributed by atoms with E-state index in [2.05, 4.69) is 20.4 Å². The number of anilines is 1. The molecule has 2 N–H and O–H groups in total. The van der Waals surface area contributed by atoms with E-state index in [9.17, 15) is 5.11 Å². The van der Waals surface area contributed by atoms with Crippen LogP contribution in [0.3, 0.4) is 0 Å². The molecule has 136 valence electrons. The van der Waals surface area contributed by atoms with Gasteiger partial charge in [-0.25, -0.2) is 4.98 Å². The zero-order valence-corrected chi connectivity index (χ0v) is 15.7. The second-order valence-electron chi connectivity index (χ2n) is 6.68. The monoisotopic (exact) mass is 372 g/mol. The van der Waals surface area contributed by atoms with Gasteiger partial charge in [-0.15, -0.1) is 0 Å². The summed E-state index contributed by atoms with van der Waals surface area (Å²) in [7, 11) is 0. The fourth-order valence-corrected chi connectivity index (χ4v) is 2.63. The Morgan fingerprint density at radius 2 is 2.08 bits per heavy atom. The fraction of sp³-hybridized carbons (Fsp3) is 0.316. The van der Waals surface area contributed by atoms with Crippen LogP contribution in [0.1, 0.15) is 38.1 Å². The van der Waals surface area contributed by atoms with Gasteiger partial charge in [-0.3, -0.25) is 0 Å². The fourth-order valence-electron chi connectivity index (χ4n) is 2.44. The number of aliphatic hydroxyl groups is 1. The highest BCUT2D eigenvalue weighted by molar-refractivity contribution is 6.30. The average molecular weight is 373 g/mol. The first-order valence-electron chi connectivity index (χ1n) is 8.37. The van der Waals surface area contributed by atoms with Crippen LogP contribution in [-0.2, 0) is 5.60 Å². The third kappa shape index (κ3) is 4.20. The molecule has 2 aromatic heterocycles. The SMILES string of the molecule is CC(C)c1noc(-c2ccnc(NCC(C)(O)c3cccc(Cl)c3)c2)n1. The molecule has 0 aliphatic heterocycles. The van der Waals surface area contributed by atoms with Crippen molar-refractivity contribution in [3.05, 3.63) is 59.0 Å². The molecule has 1 unspecified atom stereocenters. The molecule has 0 radical (unpaired) electrons. The molecule has 6 nitrogen and oxygen atoms in total. The van der Waals surface area contributed by atoms with Gasteiger partial charge in [0.1, 0.15) is 11.4 Å². The summed E-state index contributed by atoms with van der Waals surface area (Å²) in [6, 6.07) is 10.8. The van der Waals surface area contributed by atoms with Crippen molar-refractivity contribution in [2.75, 3.05) is 11.9 Å². The van der Waals surface area contributed by atoms with Crippen molar-refractivity contribution in [3.8, 4) is 11.5 Å². The second-order valence-corrected chi connectivity index (χ2v) is 7.12. The maximum atomic E-state index is 10.7. The summed E-state index contributed by atoms with van der Waals surface area (Å²) in [6.07, 6.45) is 1.66. The molecule has 26 heavy (non-hydrogen) atoms. The van der Waals surface area contributed by atoms with Gasteiger partial charge in [-0.1, -0.05) is 42.7 Å². The molecule has 0 aliphatic carbocycles. The van der Waals surface area contributed by atoms with Crippen LogP contribution in [0.15, 0.2) is 47.1 Å². The third-order valence-electron chi connectivity index (χ3n) is 4.03. The Balaban J connectivity index is 1.74. The number of nitrogens with one attached hydrogen (secondary N) is 1. The highest BCUT2D eigenvalue weighted by atomic mass is 35.5. The van der Waals surface area contributed by atoms with Crippen LogP contribution in [0, 0.1) is 0 Å². The highest BCUT2D eigenvalue weighted by Crippen LogP contribution is 2.25. The molecule has 0 amide bonds. The van der Waals surface area contributed by atoms with Gasteiger partial charge >= 0.3 is 0 Å². The zero-order valence-electron chi connectivity index (χ0n) is 14.9. The van der Waals surface area contributed by atoms with E-state index in [1.54, 1.807) is 31.3 Å². The summed E-state index contributed by atoms with van der Waals surface area (Å²) >= 11 is 6.01. The smallest absolute Gasteiger partial charge is 0.258 e.